The van der Waals surface area contributed by atoms with Gasteiger partial charge in [0.1, 0.15) is 5.82 Å². The van der Waals surface area contributed by atoms with Crippen molar-refractivity contribution >= 4 is 11.8 Å². The highest BCUT2D eigenvalue weighted by molar-refractivity contribution is 5.46. The predicted octanol–water partition coefficient (Wildman–Crippen LogP) is 2.75. The van der Waals surface area contributed by atoms with Crippen LogP contribution >= 0.6 is 0 Å². The van der Waals surface area contributed by atoms with Gasteiger partial charge in [-0.1, -0.05) is 38.5 Å². The highest BCUT2D eigenvalue weighted by atomic mass is 15.0. The summed E-state index contributed by atoms with van der Waals surface area (Å²) in [5.41, 5.74) is 16.6. The number of hydrogen-bond donors (Lipinski definition) is 2. The quantitative estimate of drug-likeness (QED) is 0.875. The predicted molar refractivity (Wildman–Crippen MR) is 83.5 cm³/mol. The standard InChI is InChI=1S/C16H22N4/c1-3-6-14-11(4-2)7-5-8-12(14)9-13-10-19-16(18)20-15(13)17/h5,7-8,10H,3-4,6,9H2,1-2H3,(H4,17,18,19,20). The van der Waals surface area contributed by atoms with Crippen LogP contribution in [0.1, 0.15) is 42.5 Å². The third-order valence-corrected chi connectivity index (χ3v) is 3.55. The number of rotatable bonds is 5. The average Bonchev–Trinajstić information content (AvgIpc) is 2.43. The summed E-state index contributed by atoms with van der Waals surface area (Å²) in [5, 5.41) is 0. The third kappa shape index (κ3) is 3.07. The lowest BCUT2D eigenvalue weighted by Gasteiger charge is -2.14. The lowest BCUT2D eigenvalue weighted by atomic mass is 9.92. The van der Waals surface area contributed by atoms with Crippen LogP contribution in [0.3, 0.4) is 0 Å². The maximum absolute atomic E-state index is 5.93. The van der Waals surface area contributed by atoms with Gasteiger partial charge in [0.05, 0.1) is 0 Å². The Morgan fingerprint density at radius 3 is 2.45 bits per heavy atom. The third-order valence-electron chi connectivity index (χ3n) is 3.55. The van der Waals surface area contributed by atoms with Gasteiger partial charge in [0, 0.05) is 18.2 Å². The first-order valence-corrected chi connectivity index (χ1v) is 7.12. The van der Waals surface area contributed by atoms with Crippen molar-refractivity contribution < 1.29 is 0 Å². The number of aromatic nitrogens is 2. The minimum absolute atomic E-state index is 0.224. The number of anilines is 2. The molecule has 0 aliphatic carbocycles. The topological polar surface area (TPSA) is 77.8 Å². The summed E-state index contributed by atoms with van der Waals surface area (Å²) in [6.45, 7) is 4.40. The molecule has 4 N–H and O–H groups in total. The van der Waals surface area contributed by atoms with Gasteiger partial charge in [-0.25, -0.2) is 4.98 Å². The minimum atomic E-state index is 0.224. The molecule has 20 heavy (non-hydrogen) atoms. The van der Waals surface area contributed by atoms with Gasteiger partial charge in [-0.3, -0.25) is 0 Å². The fourth-order valence-corrected chi connectivity index (χ4v) is 2.53. The van der Waals surface area contributed by atoms with Crippen LogP contribution in [-0.4, -0.2) is 9.97 Å². The Morgan fingerprint density at radius 1 is 1.05 bits per heavy atom. The Kier molecular flexibility index (Phi) is 4.56. The van der Waals surface area contributed by atoms with Crippen LogP contribution < -0.4 is 11.5 Å². The number of benzene rings is 1. The number of aryl methyl sites for hydroxylation is 1. The van der Waals surface area contributed by atoms with E-state index in [4.69, 9.17) is 11.5 Å². The van der Waals surface area contributed by atoms with Crippen molar-refractivity contribution in [3.63, 3.8) is 0 Å². The molecule has 0 saturated heterocycles. The molecular formula is C16H22N4. The molecule has 0 aliphatic rings. The molecule has 0 radical (unpaired) electrons. The second kappa shape index (κ2) is 6.37. The molecule has 1 aromatic heterocycles. The molecule has 0 unspecified atom stereocenters. The van der Waals surface area contributed by atoms with Crippen molar-refractivity contribution in [1.82, 2.24) is 9.97 Å². The summed E-state index contributed by atoms with van der Waals surface area (Å²) >= 11 is 0. The Morgan fingerprint density at radius 2 is 1.80 bits per heavy atom. The molecule has 0 spiro atoms. The molecule has 0 aliphatic heterocycles. The van der Waals surface area contributed by atoms with Crippen molar-refractivity contribution in [3.05, 3.63) is 46.6 Å². The van der Waals surface area contributed by atoms with Crippen molar-refractivity contribution in [1.29, 1.82) is 0 Å². The van der Waals surface area contributed by atoms with E-state index in [1.807, 2.05) is 0 Å². The largest absolute Gasteiger partial charge is 0.383 e. The highest BCUT2D eigenvalue weighted by Gasteiger charge is 2.10. The molecule has 1 heterocycles. The van der Waals surface area contributed by atoms with Gasteiger partial charge in [0.2, 0.25) is 5.95 Å². The number of nitrogen functional groups attached to an aromatic ring is 2. The molecule has 2 aromatic rings. The molecule has 4 nitrogen and oxygen atoms in total. The number of nitrogens with zero attached hydrogens (tertiary/aromatic N) is 2. The van der Waals surface area contributed by atoms with Gasteiger partial charge in [0.15, 0.2) is 0 Å². The fraction of sp³-hybridized carbons (Fsp3) is 0.375. The van der Waals surface area contributed by atoms with Crippen molar-refractivity contribution in [2.75, 3.05) is 11.5 Å². The van der Waals surface area contributed by atoms with Crippen LogP contribution in [0.5, 0.6) is 0 Å². The summed E-state index contributed by atoms with van der Waals surface area (Å²) in [6.07, 6.45) is 5.77. The molecule has 106 valence electrons. The van der Waals surface area contributed by atoms with Crippen LogP contribution in [0, 0.1) is 0 Å². The van der Waals surface area contributed by atoms with Crippen molar-refractivity contribution in [3.8, 4) is 0 Å². The molecule has 0 atom stereocenters. The van der Waals surface area contributed by atoms with Crippen LogP contribution in [0.2, 0.25) is 0 Å². The van der Waals surface area contributed by atoms with Gasteiger partial charge < -0.3 is 11.5 Å². The van der Waals surface area contributed by atoms with E-state index in [0.717, 1.165) is 31.2 Å². The summed E-state index contributed by atoms with van der Waals surface area (Å²) in [7, 11) is 0. The van der Waals surface area contributed by atoms with E-state index in [-0.39, 0.29) is 5.95 Å². The minimum Gasteiger partial charge on any atom is -0.383 e. The number of nitrogens with two attached hydrogens (primary N) is 2. The van der Waals surface area contributed by atoms with Crippen LogP contribution in [0.4, 0.5) is 11.8 Å². The molecule has 0 amide bonds. The van der Waals surface area contributed by atoms with E-state index < -0.39 is 0 Å². The normalized spacial score (nSPS) is 10.7. The molecule has 0 bridgehead atoms. The highest BCUT2D eigenvalue weighted by Crippen LogP contribution is 2.22. The Balaban J connectivity index is 2.37. The second-order valence-corrected chi connectivity index (χ2v) is 4.97. The average molecular weight is 270 g/mol. The van der Waals surface area contributed by atoms with E-state index in [2.05, 4.69) is 42.0 Å². The lowest BCUT2D eigenvalue weighted by Crippen LogP contribution is -2.06. The second-order valence-electron chi connectivity index (χ2n) is 4.97. The fourth-order valence-electron chi connectivity index (χ4n) is 2.53. The van der Waals surface area contributed by atoms with Crippen molar-refractivity contribution in [2.24, 2.45) is 0 Å². The molecule has 2 rings (SSSR count). The zero-order chi connectivity index (χ0) is 14.5. The van der Waals surface area contributed by atoms with E-state index in [0.29, 0.717) is 5.82 Å². The summed E-state index contributed by atoms with van der Waals surface area (Å²) in [5.74, 6) is 0.698. The van der Waals surface area contributed by atoms with Gasteiger partial charge in [0.25, 0.3) is 0 Å². The lowest BCUT2D eigenvalue weighted by molar-refractivity contribution is 0.879. The maximum atomic E-state index is 5.93. The zero-order valence-corrected chi connectivity index (χ0v) is 12.2. The van der Waals surface area contributed by atoms with Crippen LogP contribution in [0.25, 0.3) is 0 Å². The SMILES string of the molecule is CCCc1c(CC)cccc1Cc1cnc(N)nc1N. The molecule has 0 saturated carbocycles. The van der Waals surface area contributed by atoms with Crippen molar-refractivity contribution in [2.45, 2.75) is 39.5 Å². The molecule has 0 fully saturated rings. The summed E-state index contributed by atoms with van der Waals surface area (Å²) in [4.78, 5) is 8.07. The Hall–Kier alpha value is -2.10. The first-order chi connectivity index (χ1) is 9.65. The van der Waals surface area contributed by atoms with E-state index in [9.17, 15) is 0 Å². The monoisotopic (exact) mass is 270 g/mol. The van der Waals surface area contributed by atoms with E-state index in [1.165, 1.54) is 16.7 Å². The first kappa shape index (κ1) is 14.3. The van der Waals surface area contributed by atoms with Crippen LogP contribution in [0.15, 0.2) is 24.4 Å². The Labute approximate surface area is 120 Å². The molecule has 1 aromatic carbocycles. The van der Waals surface area contributed by atoms with Gasteiger partial charge in [-0.2, -0.15) is 4.98 Å². The van der Waals surface area contributed by atoms with Crippen LogP contribution in [-0.2, 0) is 19.3 Å². The summed E-state index contributed by atoms with van der Waals surface area (Å²) < 4.78 is 0. The maximum Gasteiger partial charge on any atom is 0.221 e. The van der Waals surface area contributed by atoms with E-state index >= 15 is 0 Å². The van der Waals surface area contributed by atoms with E-state index in [1.54, 1.807) is 6.20 Å². The smallest absolute Gasteiger partial charge is 0.221 e. The molecule has 4 heteroatoms. The van der Waals surface area contributed by atoms with Gasteiger partial charge in [-0.05, 0) is 29.5 Å². The van der Waals surface area contributed by atoms with Gasteiger partial charge >= 0.3 is 0 Å². The first-order valence-electron chi connectivity index (χ1n) is 7.12. The molecular weight excluding hydrogens is 248 g/mol. The zero-order valence-electron chi connectivity index (χ0n) is 12.2. The van der Waals surface area contributed by atoms with Gasteiger partial charge in [-0.15, -0.1) is 0 Å². The number of hydrogen-bond acceptors (Lipinski definition) is 4. The Bertz CT molecular complexity index is 593. The summed E-state index contributed by atoms with van der Waals surface area (Å²) in [6, 6.07) is 6.49.